The van der Waals surface area contributed by atoms with E-state index in [1.165, 1.54) is 7.11 Å². The number of fused-ring (bicyclic) bond motifs is 1. The van der Waals surface area contributed by atoms with Crippen molar-refractivity contribution in [2.45, 2.75) is 12.6 Å². The Morgan fingerprint density at radius 3 is 2.29 bits per heavy atom. The molecule has 0 spiro atoms. The highest BCUT2D eigenvalue weighted by Crippen LogP contribution is 2.33. The standard InChI is InChI=1S/C28H30F3N5O2/c1-36(2)14-6-13-32-21-15-20(28(29,30)31)16-22(17-21)33-26-24-8-5-4-7-23(24)25(34-35-26)18-9-11-19(12-10-18)27(37)38-3/h4-5,7-12,15-17,32-35H,6,13-14H2,1-3H3. The average molecular weight is 526 g/mol. The third-order valence-electron chi connectivity index (χ3n) is 6.01. The molecule has 0 aliphatic carbocycles. The first-order valence-electron chi connectivity index (χ1n) is 12.1. The van der Waals surface area contributed by atoms with Gasteiger partial charge in [-0.1, -0.05) is 36.4 Å². The van der Waals surface area contributed by atoms with E-state index in [1.807, 2.05) is 43.3 Å². The first-order chi connectivity index (χ1) is 18.2. The molecule has 0 aromatic heterocycles. The summed E-state index contributed by atoms with van der Waals surface area (Å²) < 4.78 is 45.8. The summed E-state index contributed by atoms with van der Waals surface area (Å²) in [6.45, 7) is 1.37. The Balaban J connectivity index is 1.69. The molecule has 4 N–H and O–H groups in total. The van der Waals surface area contributed by atoms with E-state index in [1.54, 1.807) is 30.3 Å². The Hall–Kier alpha value is -4.18. The van der Waals surface area contributed by atoms with Gasteiger partial charge in [-0.05, 0) is 57.4 Å². The third kappa shape index (κ3) is 6.38. The molecule has 0 radical (unpaired) electrons. The highest BCUT2D eigenvalue weighted by atomic mass is 19.4. The van der Waals surface area contributed by atoms with Gasteiger partial charge in [0.25, 0.3) is 0 Å². The van der Waals surface area contributed by atoms with Crippen molar-refractivity contribution < 1.29 is 22.7 Å². The van der Waals surface area contributed by atoms with Crippen molar-refractivity contribution in [3.05, 3.63) is 93.9 Å². The summed E-state index contributed by atoms with van der Waals surface area (Å²) in [5, 5.41) is 7.84. The highest BCUT2D eigenvalue weighted by Gasteiger charge is 2.31. The minimum Gasteiger partial charge on any atom is -0.465 e. The van der Waals surface area contributed by atoms with E-state index in [4.69, 9.17) is 4.74 Å². The molecule has 0 saturated heterocycles. The Bertz CT molecular complexity index is 1420. The molecule has 0 saturated carbocycles. The van der Waals surface area contributed by atoms with Crippen molar-refractivity contribution in [3.63, 3.8) is 0 Å². The van der Waals surface area contributed by atoms with Gasteiger partial charge in [0.1, 0.15) is 5.82 Å². The summed E-state index contributed by atoms with van der Waals surface area (Å²) in [6.07, 6.45) is -3.70. The Morgan fingerprint density at radius 2 is 1.63 bits per heavy atom. The van der Waals surface area contributed by atoms with Gasteiger partial charge >= 0.3 is 12.1 Å². The number of nitrogens with one attached hydrogen (secondary N) is 4. The Morgan fingerprint density at radius 1 is 0.947 bits per heavy atom. The number of esters is 1. The number of hydrogen-bond donors (Lipinski definition) is 4. The first kappa shape index (κ1) is 26.9. The van der Waals surface area contributed by atoms with E-state index in [0.29, 0.717) is 29.3 Å². The molecule has 38 heavy (non-hydrogen) atoms. The molecule has 3 aromatic rings. The van der Waals surface area contributed by atoms with Crippen LogP contribution in [0.4, 0.5) is 24.5 Å². The molecule has 7 nitrogen and oxygen atoms in total. The largest absolute Gasteiger partial charge is 0.465 e. The topological polar surface area (TPSA) is 77.7 Å². The van der Waals surface area contributed by atoms with E-state index in [-0.39, 0.29) is 0 Å². The highest BCUT2D eigenvalue weighted by molar-refractivity contribution is 5.89. The molecule has 0 unspecified atom stereocenters. The number of methoxy groups -OCH3 is 1. The lowest BCUT2D eigenvalue weighted by Crippen LogP contribution is -2.49. The van der Waals surface area contributed by atoms with Crippen LogP contribution in [-0.2, 0) is 10.9 Å². The van der Waals surface area contributed by atoms with Crippen LogP contribution in [-0.4, -0.2) is 45.2 Å². The second-order valence-electron chi connectivity index (χ2n) is 9.12. The number of anilines is 2. The zero-order valence-corrected chi connectivity index (χ0v) is 21.4. The molecule has 0 atom stereocenters. The lowest BCUT2D eigenvalue weighted by molar-refractivity contribution is -0.137. The van der Waals surface area contributed by atoms with Gasteiger partial charge in [-0.2, -0.15) is 13.2 Å². The number of rotatable bonds is 9. The van der Waals surface area contributed by atoms with Gasteiger partial charge in [-0.15, -0.1) is 0 Å². The molecule has 10 heteroatoms. The second-order valence-corrected chi connectivity index (χ2v) is 9.12. The fourth-order valence-corrected chi connectivity index (χ4v) is 4.13. The molecule has 200 valence electrons. The normalized spacial score (nSPS) is 12.9. The summed E-state index contributed by atoms with van der Waals surface area (Å²) in [6, 6.07) is 18.3. The van der Waals surface area contributed by atoms with Crippen LogP contribution in [0.2, 0.25) is 0 Å². The van der Waals surface area contributed by atoms with Gasteiger partial charge in [0.15, 0.2) is 0 Å². The van der Waals surface area contributed by atoms with Crippen molar-refractivity contribution >= 4 is 28.9 Å². The van der Waals surface area contributed by atoms with Gasteiger partial charge < -0.3 is 20.3 Å². The van der Waals surface area contributed by atoms with E-state index in [2.05, 4.69) is 21.5 Å². The number of benzene rings is 3. The van der Waals surface area contributed by atoms with Crippen molar-refractivity contribution in [1.82, 2.24) is 15.8 Å². The van der Waals surface area contributed by atoms with Crippen molar-refractivity contribution in [3.8, 4) is 0 Å². The number of hydrogen-bond acceptors (Lipinski definition) is 7. The monoisotopic (exact) mass is 525 g/mol. The fraction of sp³-hybridized carbons (Fsp3) is 0.250. The van der Waals surface area contributed by atoms with E-state index in [0.717, 1.165) is 46.8 Å². The SMILES string of the molecule is COC(=O)c1ccc(C2=c3ccccc3=C(Nc3cc(NCCCN(C)C)cc(C(F)(F)F)c3)NN2)cc1. The average Bonchev–Trinajstić information content (AvgIpc) is 2.90. The lowest BCUT2D eigenvalue weighted by Gasteiger charge is -2.23. The van der Waals surface area contributed by atoms with Crippen molar-refractivity contribution in [2.24, 2.45) is 0 Å². The molecule has 4 rings (SSSR count). The number of carbonyl (C=O) groups is 1. The number of nitrogens with zero attached hydrogens (tertiary/aromatic N) is 1. The minimum atomic E-state index is -4.49. The summed E-state index contributed by atoms with van der Waals surface area (Å²) >= 11 is 0. The lowest BCUT2D eigenvalue weighted by atomic mass is 10.0. The number of alkyl halides is 3. The molecule has 1 heterocycles. The molecule has 0 bridgehead atoms. The number of ether oxygens (including phenoxy) is 1. The van der Waals surface area contributed by atoms with Gasteiger partial charge in [-0.25, -0.2) is 4.79 Å². The maximum atomic E-state index is 13.7. The van der Waals surface area contributed by atoms with Crippen LogP contribution in [0.25, 0.3) is 11.5 Å². The number of hydrazine groups is 1. The smallest absolute Gasteiger partial charge is 0.416 e. The predicted octanol–water partition coefficient (Wildman–Crippen LogP) is 3.30. The Kier molecular flexibility index (Phi) is 8.11. The van der Waals surface area contributed by atoms with Gasteiger partial charge in [-0.3, -0.25) is 10.9 Å². The number of carbonyl (C=O) groups excluding carboxylic acids is 1. The van der Waals surface area contributed by atoms with E-state index in [9.17, 15) is 18.0 Å². The molecule has 0 fully saturated rings. The van der Waals surface area contributed by atoms with Crippen LogP contribution < -0.4 is 31.9 Å². The number of halogens is 3. The van der Waals surface area contributed by atoms with Crippen LogP contribution in [0, 0.1) is 0 Å². The summed E-state index contributed by atoms with van der Waals surface area (Å²) in [4.78, 5) is 13.8. The molecule has 0 amide bonds. The fourth-order valence-electron chi connectivity index (χ4n) is 4.13. The predicted molar refractivity (Wildman–Crippen MR) is 142 cm³/mol. The van der Waals surface area contributed by atoms with Crippen molar-refractivity contribution in [2.75, 3.05) is 44.9 Å². The van der Waals surface area contributed by atoms with Crippen LogP contribution >= 0.6 is 0 Å². The second kappa shape index (κ2) is 11.5. The summed E-state index contributed by atoms with van der Waals surface area (Å²) in [5.41, 5.74) is 8.17. The van der Waals surface area contributed by atoms with Crippen LogP contribution in [0.1, 0.15) is 27.9 Å². The molecular formula is C28H30F3N5O2. The summed E-state index contributed by atoms with van der Waals surface area (Å²) in [5.74, 6) is 0.0811. The molecule has 1 aliphatic heterocycles. The quantitative estimate of drug-likeness (QED) is 0.252. The first-order valence-corrected chi connectivity index (χ1v) is 12.1. The molecular weight excluding hydrogens is 495 g/mol. The minimum absolute atomic E-state index is 0.292. The van der Waals surface area contributed by atoms with E-state index < -0.39 is 17.7 Å². The van der Waals surface area contributed by atoms with Crippen LogP contribution in [0.5, 0.6) is 0 Å². The molecule has 3 aromatic carbocycles. The van der Waals surface area contributed by atoms with Crippen molar-refractivity contribution in [1.29, 1.82) is 0 Å². The van der Waals surface area contributed by atoms with Crippen LogP contribution in [0.3, 0.4) is 0 Å². The molecule has 1 aliphatic rings. The van der Waals surface area contributed by atoms with Crippen LogP contribution in [0.15, 0.2) is 66.7 Å². The van der Waals surface area contributed by atoms with Gasteiger partial charge in [0.2, 0.25) is 0 Å². The maximum Gasteiger partial charge on any atom is 0.416 e. The van der Waals surface area contributed by atoms with E-state index >= 15 is 0 Å². The summed E-state index contributed by atoms with van der Waals surface area (Å²) in [7, 11) is 5.23. The maximum absolute atomic E-state index is 13.7. The zero-order chi connectivity index (χ0) is 27.3. The Labute approximate surface area is 219 Å². The van der Waals surface area contributed by atoms with Gasteiger partial charge in [0, 0.05) is 33.9 Å². The van der Waals surface area contributed by atoms with Gasteiger partial charge in [0.05, 0.1) is 23.9 Å². The third-order valence-corrected chi connectivity index (χ3v) is 6.01. The zero-order valence-electron chi connectivity index (χ0n) is 21.4.